The van der Waals surface area contributed by atoms with Crippen LogP contribution in [0.1, 0.15) is 18.9 Å². The number of rotatable bonds is 5. The molecular formula is C12H14FIN4. The topological polar surface area (TPSA) is 42.7 Å². The Morgan fingerprint density at radius 1 is 1.50 bits per heavy atom. The SMILES string of the molecule is CCCNCc1ccnc(-n2cc(I)cn2)c1F. The fraction of sp³-hybridized carbons (Fsp3) is 0.333. The van der Waals surface area contributed by atoms with Crippen LogP contribution in [-0.4, -0.2) is 21.3 Å². The third-order valence-electron chi connectivity index (χ3n) is 2.46. The highest BCUT2D eigenvalue weighted by atomic mass is 127. The first-order valence-corrected chi connectivity index (χ1v) is 6.85. The summed E-state index contributed by atoms with van der Waals surface area (Å²) in [4.78, 5) is 4.05. The second kappa shape index (κ2) is 6.24. The quantitative estimate of drug-likeness (QED) is 0.658. The van der Waals surface area contributed by atoms with Crippen molar-refractivity contribution in [3.8, 4) is 5.82 Å². The molecule has 2 aromatic heterocycles. The van der Waals surface area contributed by atoms with Gasteiger partial charge in [0.2, 0.25) is 0 Å². The van der Waals surface area contributed by atoms with Crippen LogP contribution in [0.25, 0.3) is 5.82 Å². The van der Waals surface area contributed by atoms with Gasteiger partial charge in [0.1, 0.15) is 0 Å². The van der Waals surface area contributed by atoms with Crippen molar-refractivity contribution >= 4 is 22.6 Å². The molecule has 0 fully saturated rings. The summed E-state index contributed by atoms with van der Waals surface area (Å²) in [7, 11) is 0. The van der Waals surface area contributed by atoms with Gasteiger partial charge in [0.15, 0.2) is 11.6 Å². The van der Waals surface area contributed by atoms with Crippen molar-refractivity contribution in [2.24, 2.45) is 0 Å². The minimum atomic E-state index is -0.319. The molecule has 0 atom stereocenters. The molecule has 0 saturated carbocycles. The van der Waals surface area contributed by atoms with Gasteiger partial charge in [-0.2, -0.15) is 5.10 Å². The van der Waals surface area contributed by atoms with Crippen LogP contribution in [0, 0.1) is 9.39 Å². The molecule has 0 aliphatic carbocycles. The van der Waals surface area contributed by atoms with Crippen molar-refractivity contribution in [2.45, 2.75) is 19.9 Å². The normalized spacial score (nSPS) is 10.8. The molecule has 0 bridgehead atoms. The van der Waals surface area contributed by atoms with Crippen LogP contribution in [-0.2, 0) is 6.54 Å². The number of halogens is 2. The van der Waals surface area contributed by atoms with E-state index in [1.807, 2.05) is 0 Å². The minimum Gasteiger partial charge on any atom is -0.313 e. The van der Waals surface area contributed by atoms with Gasteiger partial charge in [-0.05, 0) is 41.6 Å². The van der Waals surface area contributed by atoms with Crippen LogP contribution in [0.3, 0.4) is 0 Å². The zero-order chi connectivity index (χ0) is 13.0. The Hall–Kier alpha value is -1.02. The molecule has 2 rings (SSSR count). The summed E-state index contributed by atoms with van der Waals surface area (Å²) in [6, 6.07) is 1.69. The van der Waals surface area contributed by atoms with Gasteiger partial charge in [-0.3, -0.25) is 0 Å². The Labute approximate surface area is 119 Å². The third kappa shape index (κ3) is 3.05. The summed E-state index contributed by atoms with van der Waals surface area (Å²) in [6.07, 6.45) is 6.05. The zero-order valence-corrected chi connectivity index (χ0v) is 12.2. The van der Waals surface area contributed by atoms with Gasteiger partial charge in [-0.25, -0.2) is 14.1 Å². The minimum absolute atomic E-state index is 0.244. The summed E-state index contributed by atoms with van der Waals surface area (Å²) < 4.78 is 16.6. The number of aromatic nitrogens is 3. The maximum absolute atomic E-state index is 14.2. The molecule has 0 aliphatic rings. The molecule has 1 N–H and O–H groups in total. The first kappa shape index (κ1) is 13.4. The van der Waals surface area contributed by atoms with E-state index >= 15 is 0 Å². The number of nitrogens with one attached hydrogen (secondary N) is 1. The smallest absolute Gasteiger partial charge is 0.190 e. The predicted octanol–water partition coefficient (Wildman–Crippen LogP) is 2.51. The highest BCUT2D eigenvalue weighted by Gasteiger charge is 2.11. The van der Waals surface area contributed by atoms with Crippen molar-refractivity contribution in [1.82, 2.24) is 20.1 Å². The number of pyridine rings is 1. The fourth-order valence-electron chi connectivity index (χ4n) is 1.58. The molecular weight excluding hydrogens is 346 g/mol. The standard InChI is InChI=1S/C12H14FIN4/c1-2-4-15-6-9-3-5-16-12(11(9)13)18-8-10(14)7-17-18/h3,5,7-8,15H,2,4,6H2,1H3. The maximum atomic E-state index is 14.2. The number of nitrogens with zero attached hydrogens (tertiary/aromatic N) is 3. The predicted molar refractivity (Wildman–Crippen MR) is 76.0 cm³/mol. The van der Waals surface area contributed by atoms with E-state index in [1.165, 1.54) is 4.68 Å². The molecule has 0 aromatic carbocycles. The van der Waals surface area contributed by atoms with Crippen LogP contribution >= 0.6 is 22.6 Å². The summed E-state index contributed by atoms with van der Waals surface area (Å²) in [5, 5.41) is 7.25. The molecule has 0 unspecified atom stereocenters. The van der Waals surface area contributed by atoms with Crippen LogP contribution in [0.2, 0.25) is 0 Å². The molecule has 18 heavy (non-hydrogen) atoms. The molecule has 0 amide bonds. The van der Waals surface area contributed by atoms with Gasteiger partial charge in [0.25, 0.3) is 0 Å². The van der Waals surface area contributed by atoms with E-state index in [0.29, 0.717) is 12.1 Å². The molecule has 96 valence electrons. The largest absolute Gasteiger partial charge is 0.313 e. The fourth-order valence-corrected chi connectivity index (χ4v) is 1.97. The molecule has 2 heterocycles. The van der Waals surface area contributed by atoms with E-state index < -0.39 is 0 Å². The first-order chi connectivity index (χ1) is 8.72. The Morgan fingerprint density at radius 2 is 2.33 bits per heavy atom. The molecule has 0 aliphatic heterocycles. The van der Waals surface area contributed by atoms with Crippen LogP contribution < -0.4 is 5.32 Å². The lowest BCUT2D eigenvalue weighted by atomic mass is 10.2. The van der Waals surface area contributed by atoms with Crippen molar-refractivity contribution in [2.75, 3.05) is 6.54 Å². The van der Waals surface area contributed by atoms with E-state index in [-0.39, 0.29) is 11.6 Å². The number of hydrogen-bond acceptors (Lipinski definition) is 3. The molecule has 2 aromatic rings. The Morgan fingerprint density at radius 3 is 3.00 bits per heavy atom. The lowest BCUT2D eigenvalue weighted by Crippen LogP contribution is -2.16. The van der Waals surface area contributed by atoms with Crippen molar-refractivity contribution in [1.29, 1.82) is 0 Å². The molecule has 0 spiro atoms. The van der Waals surface area contributed by atoms with Crippen molar-refractivity contribution in [3.63, 3.8) is 0 Å². The third-order valence-corrected chi connectivity index (χ3v) is 3.02. The van der Waals surface area contributed by atoms with Gasteiger partial charge in [-0.15, -0.1) is 0 Å². The Balaban J connectivity index is 2.24. The van der Waals surface area contributed by atoms with Gasteiger partial charge < -0.3 is 5.32 Å². The van der Waals surface area contributed by atoms with Gasteiger partial charge in [0, 0.05) is 24.5 Å². The second-order valence-electron chi connectivity index (χ2n) is 3.89. The summed E-state index contributed by atoms with van der Waals surface area (Å²) in [5.41, 5.74) is 0.610. The first-order valence-electron chi connectivity index (χ1n) is 5.77. The average Bonchev–Trinajstić information content (AvgIpc) is 2.78. The zero-order valence-electron chi connectivity index (χ0n) is 10.0. The van der Waals surface area contributed by atoms with Gasteiger partial charge in [0.05, 0.1) is 9.77 Å². The van der Waals surface area contributed by atoms with E-state index in [9.17, 15) is 4.39 Å². The van der Waals surface area contributed by atoms with Crippen LogP contribution in [0.5, 0.6) is 0 Å². The van der Waals surface area contributed by atoms with Crippen molar-refractivity contribution < 1.29 is 4.39 Å². The molecule has 6 heteroatoms. The van der Waals surface area contributed by atoms with E-state index in [1.54, 1.807) is 24.7 Å². The van der Waals surface area contributed by atoms with Gasteiger partial charge >= 0.3 is 0 Å². The van der Waals surface area contributed by atoms with E-state index in [2.05, 4.69) is 44.9 Å². The Kier molecular flexibility index (Phi) is 4.65. The lowest BCUT2D eigenvalue weighted by Gasteiger charge is -2.08. The maximum Gasteiger partial charge on any atom is 0.190 e. The number of hydrogen-bond donors (Lipinski definition) is 1. The monoisotopic (exact) mass is 360 g/mol. The van der Waals surface area contributed by atoms with Gasteiger partial charge in [-0.1, -0.05) is 6.92 Å². The van der Waals surface area contributed by atoms with Crippen LogP contribution in [0.4, 0.5) is 4.39 Å². The lowest BCUT2D eigenvalue weighted by molar-refractivity contribution is 0.566. The molecule has 4 nitrogen and oxygen atoms in total. The highest BCUT2D eigenvalue weighted by Crippen LogP contribution is 2.15. The molecule has 0 saturated heterocycles. The summed E-state index contributed by atoms with van der Waals surface area (Å²) in [6.45, 7) is 3.46. The van der Waals surface area contributed by atoms with E-state index in [0.717, 1.165) is 16.5 Å². The van der Waals surface area contributed by atoms with Crippen molar-refractivity contribution in [3.05, 3.63) is 39.6 Å². The summed E-state index contributed by atoms with van der Waals surface area (Å²) in [5.74, 6) is -0.0747. The Bertz CT molecular complexity index is 527. The molecule has 0 radical (unpaired) electrons. The van der Waals surface area contributed by atoms with E-state index in [4.69, 9.17) is 0 Å². The second-order valence-corrected chi connectivity index (χ2v) is 5.13. The summed E-state index contributed by atoms with van der Waals surface area (Å²) >= 11 is 2.13. The van der Waals surface area contributed by atoms with Crippen LogP contribution in [0.15, 0.2) is 24.7 Å². The highest BCUT2D eigenvalue weighted by molar-refractivity contribution is 14.1. The average molecular weight is 360 g/mol.